The van der Waals surface area contributed by atoms with E-state index < -0.39 is 5.97 Å². The molecule has 2 aromatic heterocycles. The van der Waals surface area contributed by atoms with Gasteiger partial charge in [0.1, 0.15) is 0 Å². The number of rotatable bonds is 4. The number of aryl methyl sites for hydroxylation is 1. The van der Waals surface area contributed by atoms with Crippen LogP contribution in [0.3, 0.4) is 0 Å². The molecule has 0 saturated carbocycles. The third-order valence-corrected chi connectivity index (χ3v) is 3.52. The molecule has 0 aromatic carbocycles. The third-order valence-electron chi connectivity index (χ3n) is 2.58. The second-order valence-electron chi connectivity index (χ2n) is 3.84. The maximum atomic E-state index is 11.4. The van der Waals surface area contributed by atoms with Crippen LogP contribution in [-0.4, -0.2) is 23.0 Å². The topological polar surface area (TPSA) is 90.1 Å². The van der Waals surface area contributed by atoms with Gasteiger partial charge in [0.05, 0.1) is 30.5 Å². The highest BCUT2D eigenvalue weighted by Crippen LogP contribution is 2.19. The molecule has 0 atom stereocenters. The number of nitrogens with two attached hydrogens (primary N) is 1. The second-order valence-corrected chi connectivity index (χ2v) is 4.78. The SMILES string of the molecule is COC(=O)c1ccc(N)c(NCc2scnc2C)n1. The number of hydrogen-bond acceptors (Lipinski definition) is 7. The van der Waals surface area contributed by atoms with Crippen LogP contribution in [0, 0.1) is 6.92 Å². The number of hydrogen-bond donors (Lipinski definition) is 2. The first-order chi connectivity index (χ1) is 9.11. The van der Waals surface area contributed by atoms with Crippen molar-refractivity contribution in [2.24, 2.45) is 0 Å². The molecule has 2 aromatic rings. The number of esters is 1. The van der Waals surface area contributed by atoms with Gasteiger partial charge in [-0.05, 0) is 19.1 Å². The van der Waals surface area contributed by atoms with Gasteiger partial charge >= 0.3 is 5.97 Å². The Morgan fingerprint density at radius 3 is 2.95 bits per heavy atom. The van der Waals surface area contributed by atoms with E-state index in [9.17, 15) is 4.79 Å². The molecule has 0 aliphatic rings. The molecule has 0 fully saturated rings. The van der Waals surface area contributed by atoms with Crippen molar-refractivity contribution in [3.05, 3.63) is 33.9 Å². The normalized spacial score (nSPS) is 10.2. The molecule has 100 valence electrons. The number of anilines is 2. The number of thiazole rings is 1. The van der Waals surface area contributed by atoms with Crippen molar-refractivity contribution in [2.75, 3.05) is 18.2 Å². The number of ether oxygens (including phenoxy) is 1. The zero-order chi connectivity index (χ0) is 13.8. The summed E-state index contributed by atoms with van der Waals surface area (Å²) in [6.45, 7) is 2.51. The van der Waals surface area contributed by atoms with Crippen LogP contribution in [-0.2, 0) is 11.3 Å². The van der Waals surface area contributed by atoms with Crippen molar-refractivity contribution in [1.29, 1.82) is 0 Å². The molecule has 0 aliphatic carbocycles. The minimum absolute atomic E-state index is 0.222. The molecule has 0 bridgehead atoms. The zero-order valence-corrected chi connectivity index (χ0v) is 11.5. The molecule has 7 heteroatoms. The van der Waals surface area contributed by atoms with Gasteiger partial charge in [0.25, 0.3) is 0 Å². The van der Waals surface area contributed by atoms with Crippen LogP contribution in [0.5, 0.6) is 0 Å². The second kappa shape index (κ2) is 5.66. The fourth-order valence-corrected chi connectivity index (χ4v) is 2.21. The zero-order valence-electron chi connectivity index (χ0n) is 10.6. The quantitative estimate of drug-likeness (QED) is 0.829. The van der Waals surface area contributed by atoms with Gasteiger partial charge < -0.3 is 15.8 Å². The fourth-order valence-electron chi connectivity index (χ4n) is 1.49. The van der Waals surface area contributed by atoms with Crippen LogP contribution in [0.4, 0.5) is 11.5 Å². The van der Waals surface area contributed by atoms with E-state index in [0.717, 1.165) is 10.6 Å². The summed E-state index contributed by atoms with van der Waals surface area (Å²) in [5, 5.41) is 3.10. The number of methoxy groups -OCH3 is 1. The molecule has 2 heterocycles. The van der Waals surface area contributed by atoms with Crippen LogP contribution in [0.1, 0.15) is 21.1 Å². The Morgan fingerprint density at radius 2 is 2.32 bits per heavy atom. The maximum absolute atomic E-state index is 11.4. The highest BCUT2D eigenvalue weighted by Gasteiger charge is 2.10. The number of carbonyl (C=O) groups excluding carboxylic acids is 1. The number of nitrogen functional groups attached to an aromatic ring is 1. The molecule has 0 aliphatic heterocycles. The Balaban J connectivity index is 2.15. The number of nitrogens with zero attached hydrogens (tertiary/aromatic N) is 2. The van der Waals surface area contributed by atoms with Gasteiger partial charge in [0, 0.05) is 4.88 Å². The number of carbonyl (C=O) groups is 1. The standard InChI is InChI=1S/C12H14N4O2S/c1-7-10(19-6-15-7)5-14-11-8(13)3-4-9(16-11)12(17)18-2/h3-4,6H,5,13H2,1-2H3,(H,14,16). The van der Waals surface area contributed by atoms with E-state index in [0.29, 0.717) is 18.1 Å². The van der Waals surface area contributed by atoms with Gasteiger partial charge in [-0.3, -0.25) is 0 Å². The molecule has 0 amide bonds. The van der Waals surface area contributed by atoms with Gasteiger partial charge in [-0.2, -0.15) is 0 Å². The first-order valence-corrected chi connectivity index (χ1v) is 6.47. The first kappa shape index (κ1) is 13.3. The summed E-state index contributed by atoms with van der Waals surface area (Å²) in [6, 6.07) is 3.16. The molecule has 0 saturated heterocycles. The average Bonchev–Trinajstić information content (AvgIpc) is 2.82. The molecule has 6 nitrogen and oxygen atoms in total. The molecule has 2 rings (SSSR count). The Kier molecular flexibility index (Phi) is 3.96. The van der Waals surface area contributed by atoms with Crippen molar-refractivity contribution in [3.8, 4) is 0 Å². The lowest BCUT2D eigenvalue weighted by atomic mass is 10.3. The predicted molar refractivity (Wildman–Crippen MR) is 74.2 cm³/mol. The minimum Gasteiger partial charge on any atom is -0.464 e. The molecule has 0 unspecified atom stereocenters. The monoisotopic (exact) mass is 278 g/mol. The number of pyridine rings is 1. The Morgan fingerprint density at radius 1 is 1.53 bits per heavy atom. The maximum Gasteiger partial charge on any atom is 0.356 e. The molecule has 19 heavy (non-hydrogen) atoms. The van der Waals surface area contributed by atoms with E-state index >= 15 is 0 Å². The Labute approximate surface area is 114 Å². The van der Waals surface area contributed by atoms with Crippen LogP contribution < -0.4 is 11.1 Å². The number of aromatic nitrogens is 2. The van der Waals surface area contributed by atoms with Crippen LogP contribution in [0.2, 0.25) is 0 Å². The fraction of sp³-hybridized carbons (Fsp3) is 0.250. The van der Waals surface area contributed by atoms with E-state index in [4.69, 9.17) is 5.73 Å². The van der Waals surface area contributed by atoms with Crippen molar-refractivity contribution in [3.63, 3.8) is 0 Å². The van der Waals surface area contributed by atoms with Crippen LogP contribution in [0.25, 0.3) is 0 Å². The highest BCUT2D eigenvalue weighted by atomic mass is 32.1. The van der Waals surface area contributed by atoms with E-state index in [-0.39, 0.29) is 5.69 Å². The lowest BCUT2D eigenvalue weighted by Gasteiger charge is -2.09. The number of nitrogens with one attached hydrogen (secondary N) is 1. The van der Waals surface area contributed by atoms with E-state index in [1.807, 2.05) is 6.92 Å². The molecule has 3 N–H and O–H groups in total. The van der Waals surface area contributed by atoms with Gasteiger partial charge in [0.15, 0.2) is 11.5 Å². The summed E-state index contributed by atoms with van der Waals surface area (Å²) >= 11 is 1.56. The lowest BCUT2D eigenvalue weighted by Crippen LogP contribution is -2.09. The van der Waals surface area contributed by atoms with Gasteiger partial charge in [0.2, 0.25) is 0 Å². The van der Waals surface area contributed by atoms with E-state index in [2.05, 4.69) is 20.0 Å². The van der Waals surface area contributed by atoms with Gasteiger partial charge in [-0.25, -0.2) is 14.8 Å². The Bertz CT molecular complexity index is 597. The summed E-state index contributed by atoms with van der Waals surface area (Å²) in [5.74, 6) is -0.0206. The average molecular weight is 278 g/mol. The smallest absolute Gasteiger partial charge is 0.356 e. The molecule has 0 radical (unpaired) electrons. The summed E-state index contributed by atoms with van der Waals surface area (Å²) in [6.07, 6.45) is 0. The predicted octanol–water partition coefficient (Wildman–Crippen LogP) is 1.83. The van der Waals surface area contributed by atoms with Crippen molar-refractivity contribution in [1.82, 2.24) is 9.97 Å². The van der Waals surface area contributed by atoms with Crippen LogP contribution in [0.15, 0.2) is 17.6 Å². The summed E-state index contributed by atoms with van der Waals surface area (Å²) in [5.41, 5.74) is 9.28. The minimum atomic E-state index is -0.489. The third kappa shape index (κ3) is 3.00. The Hall–Kier alpha value is -2.15. The molecule has 0 spiro atoms. The van der Waals surface area contributed by atoms with Crippen molar-refractivity contribution in [2.45, 2.75) is 13.5 Å². The molecular weight excluding hydrogens is 264 g/mol. The van der Waals surface area contributed by atoms with E-state index in [1.165, 1.54) is 13.2 Å². The highest BCUT2D eigenvalue weighted by molar-refractivity contribution is 7.09. The van der Waals surface area contributed by atoms with Gasteiger partial charge in [-0.15, -0.1) is 11.3 Å². The van der Waals surface area contributed by atoms with Gasteiger partial charge in [-0.1, -0.05) is 0 Å². The van der Waals surface area contributed by atoms with E-state index in [1.54, 1.807) is 22.9 Å². The van der Waals surface area contributed by atoms with Crippen LogP contribution >= 0.6 is 11.3 Å². The first-order valence-electron chi connectivity index (χ1n) is 5.59. The van der Waals surface area contributed by atoms with Crippen molar-refractivity contribution < 1.29 is 9.53 Å². The molecular formula is C12H14N4O2S. The summed E-state index contributed by atoms with van der Waals surface area (Å²) < 4.78 is 4.62. The summed E-state index contributed by atoms with van der Waals surface area (Å²) in [7, 11) is 1.31. The largest absolute Gasteiger partial charge is 0.464 e. The summed E-state index contributed by atoms with van der Waals surface area (Å²) in [4.78, 5) is 20.8. The van der Waals surface area contributed by atoms with Crippen molar-refractivity contribution >= 4 is 28.8 Å². The lowest BCUT2D eigenvalue weighted by molar-refractivity contribution is 0.0594.